The van der Waals surface area contributed by atoms with E-state index in [0.29, 0.717) is 18.2 Å². The number of aromatic nitrogens is 2. The SMILES string of the molecule is CN(Cc1ccc(Cl)cc1)c1nc2ccccc2nc1N. The summed E-state index contributed by atoms with van der Waals surface area (Å²) in [5.41, 5.74) is 8.81. The first kappa shape index (κ1) is 13.6. The van der Waals surface area contributed by atoms with Crippen LogP contribution in [0.5, 0.6) is 0 Å². The summed E-state index contributed by atoms with van der Waals surface area (Å²) < 4.78 is 0. The van der Waals surface area contributed by atoms with E-state index in [0.717, 1.165) is 21.6 Å². The summed E-state index contributed by atoms with van der Waals surface area (Å²) in [4.78, 5) is 11.0. The second-order valence-electron chi connectivity index (χ2n) is 4.90. The number of nitrogens with zero attached hydrogens (tertiary/aromatic N) is 3. The predicted molar refractivity (Wildman–Crippen MR) is 87.5 cm³/mol. The molecular weight excluding hydrogens is 284 g/mol. The van der Waals surface area contributed by atoms with E-state index in [4.69, 9.17) is 17.3 Å². The molecule has 0 saturated heterocycles. The monoisotopic (exact) mass is 298 g/mol. The largest absolute Gasteiger partial charge is 0.381 e. The fourth-order valence-electron chi connectivity index (χ4n) is 2.22. The van der Waals surface area contributed by atoms with Crippen LogP contribution in [0.3, 0.4) is 0 Å². The van der Waals surface area contributed by atoms with Crippen molar-refractivity contribution in [2.75, 3.05) is 17.7 Å². The lowest BCUT2D eigenvalue weighted by molar-refractivity contribution is 0.900. The second-order valence-corrected chi connectivity index (χ2v) is 5.34. The second kappa shape index (κ2) is 5.58. The van der Waals surface area contributed by atoms with E-state index in [-0.39, 0.29) is 0 Å². The molecule has 0 spiro atoms. The maximum absolute atomic E-state index is 6.03. The maximum Gasteiger partial charge on any atom is 0.172 e. The van der Waals surface area contributed by atoms with Crippen LogP contribution in [-0.4, -0.2) is 17.0 Å². The molecule has 0 saturated carbocycles. The summed E-state index contributed by atoms with van der Waals surface area (Å²) in [7, 11) is 1.95. The van der Waals surface area contributed by atoms with Crippen molar-refractivity contribution in [3.8, 4) is 0 Å². The van der Waals surface area contributed by atoms with Crippen molar-refractivity contribution in [3.63, 3.8) is 0 Å². The van der Waals surface area contributed by atoms with Gasteiger partial charge in [-0.3, -0.25) is 0 Å². The number of rotatable bonds is 3. The van der Waals surface area contributed by atoms with Gasteiger partial charge in [0.05, 0.1) is 11.0 Å². The Morgan fingerprint density at radius 3 is 2.29 bits per heavy atom. The lowest BCUT2D eigenvalue weighted by Crippen LogP contribution is -2.19. The molecule has 3 rings (SSSR count). The average Bonchev–Trinajstić information content (AvgIpc) is 2.49. The van der Waals surface area contributed by atoms with Crippen LogP contribution in [0.15, 0.2) is 48.5 Å². The third-order valence-corrected chi connectivity index (χ3v) is 3.52. The van der Waals surface area contributed by atoms with Gasteiger partial charge >= 0.3 is 0 Å². The Kier molecular flexibility index (Phi) is 3.62. The quantitative estimate of drug-likeness (QED) is 0.804. The summed E-state index contributed by atoms with van der Waals surface area (Å²) in [5.74, 6) is 1.12. The smallest absolute Gasteiger partial charge is 0.172 e. The normalized spacial score (nSPS) is 10.8. The molecule has 4 nitrogen and oxygen atoms in total. The van der Waals surface area contributed by atoms with Crippen molar-refractivity contribution < 1.29 is 0 Å². The Hall–Kier alpha value is -2.33. The molecule has 2 aromatic carbocycles. The number of benzene rings is 2. The van der Waals surface area contributed by atoms with Gasteiger partial charge in [0.1, 0.15) is 0 Å². The highest BCUT2D eigenvalue weighted by molar-refractivity contribution is 6.30. The zero-order valence-corrected chi connectivity index (χ0v) is 12.4. The fourth-order valence-corrected chi connectivity index (χ4v) is 2.35. The molecule has 5 heteroatoms. The topological polar surface area (TPSA) is 55.0 Å². The standard InChI is InChI=1S/C16H15ClN4/c1-21(10-11-6-8-12(17)9-7-11)16-15(18)19-13-4-2-3-5-14(13)20-16/h2-9H,10H2,1H3,(H2,18,19). The number of para-hydroxylation sites is 2. The summed E-state index contributed by atoms with van der Waals surface area (Å²) in [6.45, 7) is 0.689. The van der Waals surface area contributed by atoms with E-state index in [1.807, 2.05) is 60.5 Å². The number of nitrogens with two attached hydrogens (primary N) is 1. The van der Waals surface area contributed by atoms with Gasteiger partial charge in [-0.15, -0.1) is 0 Å². The van der Waals surface area contributed by atoms with Gasteiger partial charge in [0.25, 0.3) is 0 Å². The summed E-state index contributed by atoms with van der Waals surface area (Å²) in [5, 5.41) is 0.728. The highest BCUT2D eigenvalue weighted by Crippen LogP contribution is 2.23. The fraction of sp³-hybridized carbons (Fsp3) is 0.125. The van der Waals surface area contributed by atoms with Gasteiger partial charge in [0, 0.05) is 18.6 Å². The van der Waals surface area contributed by atoms with Gasteiger partial charge in [-0.2, -0.15) is 0 Å². The van der Waals surface area contributed by atoms with Crippen LogP contribution in [0.2, 0.25) is 5.02 Å². The molecule has 3 aromatic rings. The molecule has 1 heterocycles. The minimum Gasteiger partial charge on any atom is -0.381 e. The Morgan fingerprint density at radius 1 is 1.00 bits per heavy atom. The highest BCUT2D eigenvalue weighted by atomic mass is 35.5. The highest BCUT2D eigenvalue weighted by Gasteiger charge is 2.11. The van der Waals surface area contributed by atoms with Crippen molar-refractivity contribution in [1.82, 2.24) is 9.97 Å². The predicted octanol–water partition coefficient (Wildman–Crippen LogP) is 3.50. The number of fused-ring (bicyclic) bond motifs is 1. The van der Waals surface area contributed by atoms with Gasteiger partial charge in [-0.25, -0.2) is 9.97 Å². The Labute approximate surface area is 128 Å². The van der Waals surface area contributed by atoms with Crippen LogP contribution in [0.4, 0.5) is 11.6 Å². The van der Waals surface area contributed by atoms with E-state index < -0.39 is 0 Å². The van der Waals surface area contributed by atoms with E-state index in [1.54, 1.807) is 0 Å². The number of nitrogen functional groups attached to an aromatic ring is 1. The third kappa shape index (κ3) is 2.90. The molecule has 0 bridgehead atoms. The van der Waals surface area contributed by atoms with Crippen molar-refractivity contribution in [2.45, 2.75) is 6.54 Å². The van der Waals surface area contributed by atoms with Gasteiger partial charge in [-0.05, 0) is 29.8 Å². The van der Waals surface area contributed by atoms with Crippen molar-refractivity contribution >= 4 is 34.3 Å². The third-order valence-electron chi connectivity index (χ3n) is 3.27. The zero-order valence-electron chi connectivity index (χ0n) is 11.6. The molecule has 0 aliphatic heterocycles. The summed E-state index contributed by atoms with van der Waals surface area (Å²) >= 11 is 5.90. The van der Waals surface area contributed by atoms with Crippen LogP contribution in [0, 0.1) is 0 Å². The maximum atomic E-state index is 6.03. The van der Waals surface area contributed by atoms with E-state index in [1.165, 1.54) is 0 Å². The average molecular weight is 299 g/mol. The number of anilines is 2. The number of halogens is 1. The van der Waals surface area contributed by atoms with Gasteiger partial charge in [0.2, 0.25) is 0 Å². The molecule has 0 unspecified atom stereocenters. The minimum atomic E-state index is 0.435. The van der Waals surface area contributed by atoms with Crippen LogP contribution in [0.1, 0.15) is 5.56 Å². The van der Waals surface area contributed by atoms with Gasteiger partial charge in [-0.1, -0.05) is 35.9 Å². The first-order chi connectivity index (χ1) is 10.1. The van der Waals surface area contributed by atoms with Crippen LogP contribution in [0.25, 0.3) is 11.0 Å². The minimum absolute atomic E-state index is 0.435. The molecule has 2 N–H and O–H groups in total. The molecule has 21 heavy (non-hydrogen) atoms. The van der Waals surface area contributed by atoms with Gasteiger partial charge in [0.15, 0.2) is 11.6 Å². The van der Waals surface area contributed by atoms with E-state index in [2.05, 4.69) is 9.97 Å². The van der Waals surface area contributed by atoms with Crippen molar-refractivity contribution in [1.29, 1.82) is 0 Å². The van der Waals surface area contributed by atoms with Crippen LogP contribution < -0.4 is 10.6 Å². The number of hydrogen-bond acceptors (Lipinski definition) is 4. The molecule has 106 valence electrons. The van der Waals surface area contributed by atoms with Gasteiger partial charge < -0.3 is 10.6 Å². The van der Waals surface area contributed by atoms with Crippen LogP contribution >= 0.6 is 11.6 Å². The molecule has 0 radical (unpaired) electrons. The van der Waals surface area contributed by atoms with Crippen molar-refractivity contribution in [3.05, 3.63) is 59.1 Å². The van der Waals surface area contributed by atoms with E-state index in [9.17, 15) is 0 Å². The Bertz CT molecular complexity index is 771. The first-order valence-corrected chi connectivity index (χ1v) is 6.99. The molecule has 0 aliphatic rings. The lowest BCUT2D eigenvalue weighted by atomic mass is 10.2. The molecule has 0 amide bonds. The first-order valence-electron chi connectivity index (χ1n) is 6.61. The summed E-state index contributed by atoms with van der Waals surface area (Å²) in [6, 6.07) is 15.4. The molecular formula is C16H15ClN4. The Balaban J connectivity index is 1.91. The summed E-state index contributed by atoms with van der Waals surface area (Å²) in [6.07, 6.45) is 0. The molecule has 1 aromatic heterocycles. The number of hydrogen-bond donors (Lipinski definition) is 1. The molecule has 0 fully saturated rings. The van der Waals surface area contributed by atoms with Crippen LogP contribution in [-0.2, 0) is 6.54 Å². The zero-order chi connectivity index (χ0) is 14.8. The molecule has 0 atom stereocenters. The van der Waals surface area contributed by atoms with Crippen molar-refractivity contribution in [2.24, 2.45) is 0 Å². The lowest BCUT2D eigenvalue weighted by Gasteiger charge is -2.19. The Morgan fingerprint density at radius 2 is 1.62 bits per heavy atom. The molecule has 0 aliphatic carbocycles. The van der Waals surface area contributed by atoms with E-state index >= 15 is 0 Å².